The lowest BCUT2D eigenvalue weighted by molar-refractivity contribution is 0.255. The van der Waals surface area contributed by atoms with E-state index in [0.29, 0.717) is 17.1 Å². The number of nitrogens with zero attached hydrogens (tertiary/aromatic N) is 2. The van der Waals surface area contributed by atoms with Gasteiger partial charge in [-0.15, -0.1) is 0 Å². The molecule has 2 atom stereocenters. The molecule has 2 aliphatic rings. The van der Waals surface area contributed by atoms with Gasteiger partial charge >= 0.3 is 0 Å². The van der Waals surface area contributed by atoms with Gasteiger partial charge in [-0.05, 0) is 37.4 Å². The zero-order chi connectivity index (χ0) is 13.1. The van der Waals surface area contributed by atoms with Gasteiger partial charge in [-0.2, -0.15) is 16.7 Å². The first-order valence-electron chi connectivity index (χ1n) is 7.55. The second-order valence-electron chi connectivity index (χ2n) is 5.77. The first-order valence-corrected chi connectivity index (χ1v) is 8.60. The molecule has 1 saturated heterocycles. The molecule has 0 radical (unpaired) electrons. The SMILES string of the molecule is NC(c1nc(C2CCCCS2)no1)C1CCCCC1. The molecule has 106 valence electrons. The highest BCUT2D eigenvalue weighted by Crippen LogP contribution is 2.38. The van der Waals surface area contributed by atoms with Crippen LogP contribution in [0.25, 0.3) is 0 Å². The van der Waals surface area contributed by atoms with Crippen LogP contribution in [0.4, 0.5) is 0 Å². The van der Waals surface area contributed by atoms with Crippen molar-refractivity contribution in [2.75, 3.05) is 5.75 Å². The van der Waals surface area contributed by atoms with Gasteiger partial charge in [0.1, 0.15) is 0 Å². The lowest BCUT2D eigenvalue weighted by Crippen LogP contribution is -2.23. The van der Waals surface area contributed by atoms with E-state index in [0.717, 1.165) is 5.82 Å². The molecule has 0 spiro atoms. The lowest BCUT2D eigenvalue weighted by atomic mass is 9.84. The van der Waals surface area contributed by atoms with Crippen LogP contribution in [0.5, 0.6) is 0 Å². The standard InChI is InChI=1S/C14H23N3OS/c15-12(10-6-2-1-3-7-10)14-16-13(17-18-14)11-8-4-5-9-19-11/h10-12H,1-9,15H2. The van der Waals surface area contributed by atoms with Gasteiger partial charge < -0.3 is 10.3 Å². The van der Waals surface area contributed by atoms with Crippen molar-refractivity contribution in [1.82, 2.24) is 10.1 Å². The maximum Gasteiger partial charge on any atom is 0.243 e. The fourth-order valence-electron chi connectivity index (χ4n) is 3.15. The molecule has 1 aliphatic carbocycles. The van der Waals surface area contributed by atoms with Gasteiger partial charge in [0.15, 0.2) is 5.82 Å². The maximum atomic E-state index is 6.31. The quantitative estimate of drug-likeness (QED) is 0.917. The van der Waals surface area contributed by atoms with Crippen molar-refractivity contribution in [3.8, 4) is 0 Å². The zero-order valence-electron chi connectivity index (χ0n) is 11.4. The molecule has 4 nitrogen and oxygen atoms in total. The molecule has 5 heteroatoms. The van der Waals surface area contributed by atoms with Crippen molar-refractivity contribution < 1.29 is 4.52 Å². The summed E-state index contributed by atoms with van der Waals surface area (Å²) in [5.74, 6) is 3.27. The number of thioether (sulfide) groups is 1. The van der Waals surface area contributed by atoms with Gasteiger partial charge in [0.2, 0.25) is 5.89 Å². The Bertz CT molecular complexity index is 397. The largest absolute Gasteiger partial charge is 0.338 e. The third kappa shape index (κ3) is 3.14. The summed E-state index contributed by atoms with van der Waals surface area (Å²) in [5.41, 5.74) is 6.31. The summed E-state index contributed by atoms with van der Waals surface area (Å²) in [6, 6.07) is -0.0601. The molecular weight excluding hydrogens is 258 g/mol. The summed E-state index contributed by atoms with van der Waals surface area (Å²) in [7, 11) is 0. The highest BCUT2D eigenvalue weighted by molar-refractivity contribution is 7.99. The van der Waals surface area contributed by atoms with E-state index in [4.69, 9.17) is 10.3 Å². The van der Waals surface area contributed by atoms with Crippen LogP contribution >= 0.6 is 11.8 Å². The molecule has 1 aromatic heterocycles. The molecule has 2 N–H and O–H groups in total. The van der Waals surface area contributed by atoms with Crippen LogP contribution in [0, 0.1) is 5.92 Å². The van der Waals surface area contributed by atoms with E-state index in [2.05, 4.69) is 10.1 Å². The number of hydrogen-bond donors (Lipinski definition) is 1. The van der Waals surface area contributed by atoms with Crippen molar-refractivity contribution in [2.45, 2.75) is 62.7 Å². The first-order chi connectivity index (χ1) is 9.34. The van der Waals surface area contributed by atoms with E-state index in [1.54, 1.807) is 0 Å². The molecule has 2 heterocycles. The molecule has 1 aliphatic heterocycles. The first kappa shape index (κ1) is 13.4. The molecule has 0 bridgehead atoms. The van der Waals surface area contributed by atoms with E-state index in [9.17, 15) is 0 Å². The molecule has 2 unspecified atom stereocenters. The highest BCUT2D eigenvalue weighted by Gasteiger charge is 2.28. The number of rotatable bonds is 3. The fourth-order valence-corrected chi connectivity index (χ4v) is 4.39. The predicted molar refractivity (Wildman–Crippen MR) is 76.9 cm³/mol. The van der Waals surface area contributed by atoms with Crippen LogP contribution in [0.1, 0.15) is 74.4 Å². The minimum atomic E-state index is -0.0601. The van der Waals surface area contributed by atoms with Gasteiger partial charge in [0, 0.05) is 0 Å². The molecule has 0 amide bonds. The second-order valence-corrected chi connectivity index (χ2v) is 7.08. The molecule has 1 aromatic rings. The van der Waals surface area contributed by atoms with Gasteiger partial charge in [0.05, 0.1) is 11.3 Å². The van der Waals surface area contributed by atoms with Crippen LogP contribution in [0.2, 0.25) is 0 Å². The van der Waals surface area contributed by atoms with Crippen molar-refractivity contribution in [3.05, 3.63) is 11.7 Å². The van der Waals surface area contributed by atoms with Gasteiger partial charge in [-0.3, -0.25) is 0 Å². The minimum absolute atomic E-state index is 0.0601. The van der Waals surface area contributed by atoms with Gasteiger partial charge in [-0.25, -0.2) is 0 Å². The molecule has 19 heavy (non-hydrogen) atoms. The Morgan fingerprint density at radius 1 is 1.11 bits per heavy atom. The fraction of sp³-hybridized carbons (Fsp3) is 0.857. The number of hydrogen-bond acceptors (Lipinski definition) is 5. The third-order valence-corrected chi connectivity index (χ3v) is 5.74. The van der Waals surface area contributed by atoms with Crippen molar-refractivity contribution in [1.29, 1.82) is 0 Å². The number of nitrogens with two attached hydrogens (primary N) is 1. The number of aromatic nitrogens is 2. The summed E-state index contributed by atoms with van der Waals surface area (Å²) in [6.45, 7) is 0. The minimum Gasteiger partial charge on any atom is -0.338 e. The Labute approximate surface area is 118 Å². The zero-order valence-corrected chi connectivity index (χ0v) is 12.2. The highest BCUT2D eigenvalue weighted by atomic mass is 32.2. The average Bonchev–Trinajstić information content (AvgIpc) is 2.98. The smallest absolute Gasteiger partial charge is 0.243 e. The van der Waals surface area contributed by atoms with Crippen LogP contribution in [0.15, 0.2) is 4.52 Å². The van der Waals surface area contributed by atoms with Crippen LogP contribution in [-0.4, -0.2) is 15.9 Å². The molecule has 0 aromatic carbocycles. The summed E-state index contributed by atoms with van der Waals surface area (Å²) in [5, 5.41) is 4.59. The van der Waals surface area contributed by atoms with Crippen molar-refractivity contribution in [3.63, 3.8) is 0 Å². The summed E-state index contributed by atoms with van der Waals surface area (Å²) >= 11 is 1.95. The summed E-state index contributed by atoms with van der Waals surface area (Å²) < 4.78 is 5.43. The Kier molecular flexibility index (Phi) is 4.43. The van der Waals surface area contributed by atoms with Crippen LogP contribution in [0.3, 0.4) is 0 Å². The Morgan fingerprint density at radius 3 is 2.63 bits per heavy atom. The normalized spacial score (nSPS) is 27.3. The Morgan fingerprint density at radius 2 is 1.89 bits per heavy atom. The average molecular weight is 281 g/mol. The second kappa shape index (κ2) is 6.27. The molecular formula is C14H23N3OS. The topological polar surface area (TPSA) is 64.9 Å². The van der Waals surface area contributed by atoms with E-state index < -0.39 is 0 Å². The van der Waals surface area contributed by atoms with E-state index in [-0.39, 0.29) is 6.04 Å². The molecule has 1 saturated carbocycles. The molecule has 3 rings (SSSR count). The maximum absolute atomic E-state index is 6.31. The van der Waals surface area contributed by atoms with E-state index in [1.807, 2.05) is 11.8 Å². The van der Waals surface area contributed by atoms with Crippen molar-refractivity contribution in [2.24, 2.45) is 11.7 Å². The van der Waals surface area contributed by atoms with Crippen LogP contribution in [-0.2, 0) is 0 Å². The lowest BCUT2D eigenvalue weighted by Gasteiger charge is -2.24. The monoisotopic (exact) mass is 281 g/mol. The summed E-state index contributed by atoms with van der Waals surface area (Å²) in [4.78, 5) is 4.59. The van der Waals surface area contributed by atoms with E-state index >= 15 is 0 Å². The predicted octanol–water partition coefficient (Wildman–Crippen LogP) is 3.61. The van der Waals surface area contributed by atoms with Gasteiger partial charge in [0.25, 0.3) is 0 Å². The third-order valence-electron chi connectivity index (χ3n) is 4.37. The molecule has 2 fully saturated rings. The van der Waals surface area contributed by atoms with Crippen LogP contribution < -0.4 is 5.73 Å². The van der Waals surface area contributed by atoms with Crippen molar-refractivity contribution >= 4 is 11.8 Å². The van der Waals surface area contributed by atoms with Gasteiger partial charge in [-0.1, -0.05) is 30.8 Å². The Balaban J connectivity index is 1.65. The Hall–Kier alpha value is -0.550. The van der Waals surface area contributed by atoms with E-state index in [1.165, 1.54) is 57.1 Å². The summed E-state index contributed by atoms with van der Waals surface area (Å²) in [6.07, 6.45) is 10.1.